The normalized spacial score (nSPS) is 12.4. The van der Waals surface area contributed by atoms with E-state index in [1.54, 1.807) is 19.2 Å². The summed E-state index contributed by atoms with van der Waals surface area (Å²) in [5, 5.41) is 0. The number of rotatable bonds is 3. The van der Waals surface area contributed by atoms with Gasteiger partial charge in [-0.05, 0) is 24.5 Å². The summed E-state index contributed by atoms with van der Waals surface area (Å²) < 4.78 is 40.0. The fraction of sp³-hybridized carbons (Fsp3) is 0.417. The Bertz CT molecular complexity index is 411. The fourth-order valence-corrected chi connectivity index (χ4v) is 1.46. The Hall–Kier alpha value is -1.52. The van der Waals surface area contributed by atoms with E-state index in [9.17, 15) is 13.2 Å². The molecule has 0 aromatic heterocycles. The predicted octanol–water partition coefficient (Wildman–Crippen LogP) is 4.43. The number of benzene rings is 1. The highest BCUT2D eigenvalue weighted by atomic mass is 19.4. The predicted molar refractivity (Wildman–Crippen MR) is 61.0 cm³/mol. The molecule has 0 amide bonds. The maximum Gasteiger partial charge on any atom is 0.573 e. The molecule has 0 aliphatic carbocycles. The van der Waals surface area contributed by atoms with Gasteiger partial charge in [-0.1, -0.05) is 19.9 Å². The minimum atomic E-state index is -4.67. The molecule has 0 bridgehead atoms. The summed E-state index contributed by atoms with van der Waals surface area (Å²) in [4.78, 5) is 4.05. The van der Waals surface area contributed by atoms with Crippen LogP contribution in [0, 0.1) is 0 Å². The average molecular weight is 245 g/mol. The molecule has 0 saturated carbocycles. The van der Waals surface area contributed by atoms with Crippen LogP contribution in [0.15, 0.2) is 23.2 Å². The molecular formula is C12H14F3NO. The molecule has 0 N–H and O–H groups in total. The number of nitrogens with zero attached hydrogens (tertiary/aromatic N) is 1. The van der Waals surface area contributed by atoms with E-state index in [2.05, 4.69) is 9.73 Å². The lowest BCUT2D eigenvalue weighted by molar-refractivity contribution is -0.274. The van der Waals surface area contributed by atoms with Crippen LogP contribution in [0.5, 0.6) is 5.75 Å². The Kier molecular flexibility index (Phi) is 4.15. The summed E-state index contributed by atoms with van der Waals surface area (Å²) in [7, 11) is 0. The van der Waals surface area contributed by atoms with Crippen molar-refractivity contribution < 1.29 is 17.9 Å². The van der Waals surface area contributed by atoms with E-state index in [0.717, 1.165) is 5.56 Å². The Morgan fingerprint density at radius 1 is 1.29 bits per heavy atom. The van der Waals surface area contributed by atoms with Crippen LogP contribution in [0.1, 0.15) is 32.3 Å². The molecular weight excluding hydrogens is 231 g/mol. The van der Waals surface area contributed by atoms with Crippen molar-refractivity contribution in [1.82, 2.24) is 0 Å². The third-order valence-corrected chi connectivity index (χ3v) is 2.13. The molecule has 5 heteroatoms. The lowest BCUT2D eigenvalue weighted by atomic mass is 10.0. The first-order chi connectivity index (χ1) is 7.83. The standard InChI is InChI=1S/C12H14F3NO/c1-4-16-11-7-9(17-12(13,14)15)5-6-10(11)8(2)3/h4-8H,1-3H3. The van der Waals surface area contributed by atoms with Crippen LogP contribution in [0.2, 0.25) is 0 Å². The Morgan fingerprint density at radius 3 is 2.41 bits per heavy atom. The van der Waals surface area contributed by atoms with Crippen molar-refractivity contribution in [2.45, 2.75) is 33.1 Å². The zero-order chi connectivity index (χ0) is 13.1. The van der Waals surface area contributed by atoms with Crippen LogP contribution >= 0.6 is 0 Å². The highest BCUT2D eigenvalue weighted by Gasteiger charge is 2.31. The second kappa shape index (κ2) is 5.21. The SMILES string of the molecule is CC=Nc1cc(OC(F)(F)F)ccc1C(C)C. The van der Waals surface area contributed by atoms with Crippen LogP contribution in [-0.4, -0.2) is 12.6 Å². The van der Waals surface area contributed by atoms with E-state index in [1.807, 2.05) is 13.8 Å². The third-order valence-electron chi connectivity index (χ3n) is 2.13. The largest absolute Gasteiger partial charge is 0.573 e. The first kappa shape index (κ1) is 13.5. The number of halogens is 3. The Morgan fingerprint density at radius 2 is 1.94 bits per heavy atom. The average Bonchev–Trinajstić information content (AvgIpc) is 2.15. The second-order valence-corrected chi connectivity index (χ2v) is 3.81. The van der Waals surface area contributed by atoms with Gasteiger partial charge in [0.15, 0.2) is 0 Å². The van der Waals surface area contributed by atoms with Crippen molar-refractivity contribution in [3.8, 4) is 5.75 Å². The van der Waals surface area contributed by atoms with Crippen molar-refractivity contribution in [2.75, 3.05) is 0 Å². The minimum absolute atomic E-state index is 0.189. The van der Waals surface area contributed by atoms with Gasteiger partial charge in [0.05, 0.1) is 5.69 Å². The van der Waals surface area contributed by atoms with E-state index in [0.29, 0.717) is 5.69 Å². The van der Waals surface area contributed by atoms with Gasteiger partial charge in [-0.3, -0.25) is 4.99 Å². The molecule has 17 heavy (non-hydrogen) atoms. The van der Waals surface area contributed by atoms with E-state index in [-0.39, 0.29) is 11.7 Å². The first-order valence-corrected chi connectivity index (χ1v) is 5.22. The molecule has 0 unspecified atom stereocenters. The molecule has 94 valence electrons. The van der Waals surface area contributed by atoms with Crippen LogP contribution in [0.3, 0.4) is 0 Å². The zero-order valence-electron chi connectivity index (χ0n) is 9.88. The molecule has 1 aromatic rings. The molecule has 1 rings (SSSR count). The Balaban J connectivity index is 3.10. The van der Waals surface area contributed by atoms with Crippen molar-refractivity contribution in [3.63, 3.8) is 0 Å². The molecule has 0 aliphatic rings. The van der Waals surface area contributed by atoms with Gasteiger partial charge in [0, 0.05) is 12.3 Å². The summed E-state index contributed by atoms with van der Waals surface area (Å²) in [5.41, 5.74) is 1.39. The highest BCUT2D eigenvalue weighted by molar-refractivity contribution is 5.64. The summed E-state index contributed by atoms with van der Waals surface area (Å²) in [5.74, 6) is -0.0591. The van der Waals surface area contributed by atoms with E-state index in [4.69, 9.17) is 0 Å². The monoisotopic (exact) mass is 245 g/mol. The number of ether oxygens (including phenoxy) is 1. The maximum atomic E-state index is 12.1. The number of hydrogen-bond donors (Lipinski definition) is 0. The first-order valence-electron chi connectivity index (χ1n) is 5.22. The maximum absolute atomic E-state index is 12.1. The molecule has 0 heterocycles. The summed E-state index contributed by atoms with van der Waals surface area (Å²) in [6.45, 7) is 5.62. The van der Waals surface area contributed by atoms with Gasteiger partial charge < -0.3 is 4.74 Å². The van der Waals surface area contributed by atoms with Crippen molar-refractivity contribution in [3.05, 3.63) is 23.8 Å². The van der Waals surface area contributed by atoms with Gasteiger partial charge in [0.25, 0.3) is 0 Å². The van der Waals surface area contributed by atoms with E-state index >= 15 is 0 Å². The molecule has 2 nitrogen and oxygen atoms in total. The van der Waals surface area contributed by atoms with Gasteiger partial charge in [-0.2, -0.15) is 0 Å². The molecule has 0 saturated heterocycles. The van der Waals surface area contributed by atoms with Crippen molar-refractivity contribution >= 4 is 11.9 Å². The lowest BCUT2D eigenvalue weighted by Crippen LogP contribution is -2.17. The number of hydrogen-bond acceptors (Lipinski definition) is 2. The minimum Gasteiger partial charge on any atom is -0.406 e. The van der Waals surface area contributed by atoms with Crippen molar-refractivity contribution in [2.24, 2.45) is 4.99 Å². The number of alkyl halides is 3. The van der Waals surface area contributed by atoms with Gasteiger partial charge in [0.2, 0.25) is 0 Å². The summed E-state index contributed by atoms with van der Waals surface area (Å²) in [6, 6.07) is 4.20. The summed E-state index contributed by atoms with van der Waals surface area (Å²) >= 11 is 0. The number of aliphatic imine (C=N–C) groups is 1. The molecule has 0 spiro atoms. The molecule has 0 atom stereocenters. The lowest BCUT2D eigenvalue weighted by Gasteiger charge is -2.13. The van der Waals surface area contributed by atoms with Crippen LogP contribution in [-0.2, 0) is 0 Å². The quantitative estimate of drug-likeness (QED) is 0.722. The zero-order valence-corrected chi connectivity index (χ0v) is 9.88. The smallest absolute Gasteiger partial charge is 0.406 e. The molecule has 1 aromatic carbocycles. The van der Waals surface area contributed by atoms with Crippen LogP contribution < -0.4 is 4.74 Å². The third kappa shape index (κ3) is 4.09. The van der Waals surface area contributed by atoms with Crippen LogP contribution in [0.25, 0.3) is 0 Å². The van der Waals surface area contributed by atoms with Crippen LogP contribution in [0.4, 0.5) is 18.9 Å². The summed E-state index contributed by atoms with van der Waals surface area (Å²) in [6.07, 6.45) is -3.13. The van der Waals surface area contributed by atoms with Gasteiger partial charge in [-0.25, -0.2) is 0 Å². The van der Waals surface area contributed by atoms with E-state index < -0.39 is 6.36 Å². The fourth-order valence-electron chi connectivity index (χ4n) is 1.46. The Labute approximate surface area is 98.1 Å². The van der Waals surface area contributed by atoms with E-state index in [1.165, 1.54) is 12.1 Å². The van der Waals surface area contributed by atoms with Gasteiger partial charge in [0.1, 0.15) is 5.75 Å². The molecule has 0 fully saturated rings. The topological polar surface area (TPSA) is 21.6 Å². The van der Waals surface area contributed by atoms with Gasteiger partial charge >= 0.3 is 6.36 Å². The molecule has 0 radical (unpaired) electrons. The molecule has 0 aliphatic heterocycles. The van der Waals surface area contributed by atoms with Gasteiger partial charge in [-0.15, -0.1) is 13.2 Å². The highest BCUT2D eigenvalue weighted by Crippen LogP contribution is 2.32. The second-order valence-electron chi connectivity index (χ2n) is 3.81. The van der Waals surface area contributed by atoms with Crippen molar-refractivity contribution in [1.29, 1.82) is 0 Å².